The third kappa shape index (κ3) is 6.57. The second-order valence-electron chi connectivity index (χ2n) is 6.68. The molecule has 0 fully saturated rings. The van der Waals surface area contributed by atoms with Crippen molar-refractivity contribution in [3.8, 4) is 17.2 Å². The molecule has 3 aromatic rings. The van der Waals surface area contributed by atoms with E-state index in [4.69, 9.17) is 14.2 Å². The van der Waals surface area contributed by atoms with Crippen molar-refractivity contribution in [2.45, 2.75) is 20.0 Å². The minimum Gasteiger partial charge on any atom is -0.491 e. The molecule has 0 aliphatic heterocycles. The predicted molar refractivity (Wildman–Crippen MR) is 114 cm³/mol. The number of anilines is 1. The number of ether oxygens (including phenoxy) is 3. The Hall–Kier alpha value is -3.47. The summed E-state index contributed by atoms with van der Waals surface area (Å²) < 4.78 is 16.9. The highest BCUT2D eigenvalue weighted by molar-refractivity contribution is 6.04. The summed E-state index contributed by atoms with van der Waals surface area (Å²) in [7, 11) is 0. The normalized spacial score (nSPS) is 10.4. The summed E-state index contributed by atoms with van der Waals surface area (Å²) in [4.78, 5) is 12.5. The highest BCUT2D eigenvalue weighted by Gasteiger charge is 2.08. The largest absolute Gasteiger partial charge is 0.491 e. The SMILES string of the molecule is CC(C)Oc1ccc(C(=O)Nc2cccc(OCCOc3ccccc3)c2)cc1. The maximum atomic E-state index is 12.5. The number of benzene rings is 3. The number of carbonyl (C=O) groups is 1. The van der Waals surface area contributed by atoms with Crippen molar-refractivity contribution in [3.05, 3.63) is 84.4 Å². The van der Waals surface area contributed by atoms with Gasteiger partial charge in [-0.2, -0.15) is 0 Å². The number of amides is 1. The van der Waals surface area contributed by atoms with E-state index in [0.717, 1.165) is 11.5 Å². The molecule has 5 nitrogen and oxygen atoms in total. The molecule has 0 unspecified atom stereocenters. The summed E-state index contributed by atoms with van der Waals surface area (Å²) in [6.45, 7) is 4.77. The van der Waals surface area contributed by atoms with Gasteiger partial charge in [-0.3, -0.25) is 4.79 Å². The first-order valence-electron chi connectivity index (χ1n) is 9.59. The second kappa shape index (κ2) is 10.2. The van der Waals surface area contributed by atoms with E-state index >= 15 is 0 Å². The topological polar surface area (TPSA) is 56.8 Å². The number of hydrogen-bond acceptors (Lipinski definition) is 4. The molecule has 0 bridgehead atoms. The van der Waals surface area contributed by atoms with Gasteiger partial charge in [0.15, 0.2) is 0 Å². The minimum absolute atomic E-state index is 0.0931. The lowest BCUT2D eigenvalue weighted by atomic mass is 10.2. The molecule has 0 radical (unpaired) electrons. The Morgan fingerprint density at radius 3 is 2.14 bits per heavy atom. The van der Waals surface area contributed by atoms with Gasteiger partial charge < -0.3 is 19.5 Å². The quantitative estimate of drug-likeness (QED) is 0.511. The van der Waals surface area contributed by atoms with Crippen molar-refractivity contribution in [1.82, 2.24) is 0 Å². The van der Waals surface area contributed by atoms with E-state index in [2.05, 4.69) is 5.32 Å². The zero-order valence-corrected chi connectivity index (χ0v) is 16.6. The maximum Gasteiger partial charge on any atom is 0.255 e. The standard InChI is InChI=1S/C24H25NO4/c1-18(2)29-22-13-11-19(12-14-22)24(26)25-20-7-6-10-23(17-20)28-16-15-27-21-8-4-3-5-9-21/h3-14,17-18H,15-16H2,1-2H3,(H,25,26). The Labute approximate surface area is 171 Å². The van der Waals surface area contributed by atoms with Crippen LogP contribution in [0.5, 0.6) is 17.2 Å². The molecule has 3 aromatic carbocycles. The average Bonchev–Trinajstić information content (AvgIpc) is 2.72. The molecule has 0 saturated heterocycles. The summed E-state index contributed by atoms with van der Waals surface area (Å²) in [5, 5.41) is 2.88. The molecule has 3 rings (SSSR count). The van der Waals surface area contributed by atoms with Crippen LogP contribution in [-0.4, -0.2) is 25.2 Å². The van der Waals surface area contributed by atoms with Crippen molar-refractivity contribution in [1.29, 1.82) is 0 Å². The van der Waals surface area contributed by atoms with Crippen LogP contribution in [0.2, 0.25) is 0 Å². The van der Waals surface area contributed by atoms with Crippen LogP contribution in [-0.2, 0) is 0 Å². The highest BCUT2D eigenvalue weighted by atomic mass is 16.5. The minimum atomic E-state index is -0.189. The Morgan fingerprint density at radius 1 is 0.793 bits per heavy atom. The fourth-order valence-electron chi connectivity index (χ4n) is 2.66. The number of rotatable bonds is 9. The molecule has 0 atom stereocenters. The summed E-state index contributed by atoms with van der Waals surface area (Å²) in [6, 6.07) is 24.0. The van der Waals surface area contributed by atoms with Crippen LogP contribution in [0.1, 0.15) is 24.2 Å². The lowest BCUT2D eigenvalue weighted by Crippen LogP contribution is -2.12. The third-order valence-corrected chi connectivity index (χ3v) is 3.94. The number of nitrogens with one attached hydrogen (secondary N) is 1. The van der Waals surface area contributed by atoms with Gasteiger partial charge in [-0.1, -0.05) is 24.3 Å². The molecule has 29 heavy (non-hydrogen) atoms. The van der Waals surface area contributed by atoms with Gasteiger partial charge in [0.2, 0.25) is 0 Å². The van der Waals surface area contributed by atoms with Gasteiger partial charge in [-0.15, -0.1) is 0 Å². The Morgan fingerprint density at radius 2 is 1.45 bits per heavy atom. The zero-order valence-electron chi connectivity index (χ0n) is 16.6. The zero-order chi connectivity index (χ0) is 20.5. The van der Waals surface area contributed by atoms with Crippen LogP contribution < -0.4 is 19.5 Å². The fraction of sp³-hybridized carbons (Fsp3) is 0.208. The van der Waals surface area contributed by atoms with Crippen molar-refractivity contribution < 1.29 is 19.0 Å². The van der Waals surface area contributed by atoms with Crippen molar-refractivity contribution in [2.24, 2.45) is 0 Å². The summed E-state index contributed by atoms with van der Waals surface area (Å²) in [6.07, 6.45) is 0.0931. The molecule has 0 heterocycles. The van der Waals surface area contributed by atoms with E-state index in [0.29, 0.717) is 30.2 Å². The van der Waals surface area contributed by atoms with Gasteiger partial charge in [0.25, 0.3) is 5.91 Å². The second-order valence-corrected chi connectivity index (χ2v) is 6.68. The number of para-hydroxylation sites is 1. The Bertz CT molecular complexity index is 908. The first-order chi connectivity index (χ1) is 14.1. The first-order valence-corrected chi connectivity index (χ1v) is 9.59. The van der Waals surface area contributed by atoms with E-state index < -0.39 is 0 Å². The number of carbonyl (C=O) groups excluding carboxylic acids is 1. The van der Waals surface area contributed by atoms with Gasteiger partial charge in [0.05, 0.1) is 6.10 Å². The smallest absolute Gasteiger partial charge is 0.255 e. The van der Waals surface area contributed by atoms with Gasteiger partial charge in [-0.25, -0.2) is 0 Å². The molecule has 0 aromatic heterocycles. The maximum absolute atomic E-state index is 12.5. The number of hydrogen-bond donors (Lipinski definition) is 1. The molecular weight excluding hydrogens is 366 g/mol. The molecule has 0 aliphatic carbocycles. The first kappa shape index (κ1) is 20.3. The van der Waals surface area contributed by atoms with E-state index in [1.807, 2.05) is 62.4 Å². The molecule has 0 saturated carbocycles. The van der Waals surface area contributed by atoms with Crippen LogP contribution in [0.15, 0.2) is 78.9 Å². The van der Waals surface area contributed by atoms with E-state index in [9.17, 15) is 4.79 Å². The van der Waals surface area contributed by atoms with E-state index in [-0.39, 0.29) is 12.0 Å². The van der Waals surface area contributed by atoms with Crippen LogP contribution >= 0.6 is 0 Å². The van der Waals surface area contributed by atoms with Crippen LogP contribution in [0, 0.1) is 0 Å². The molecular formula is C24H25NO4. The molecule has 0 spiro atoms. The highest BCUT2D eigenvalue weighted by Crippen LogP contribution is 2.19. The summed E-state index contributed by atoms with van der Waals surface area (Å²) in [5.74, 6) is 2.03. The molecule has 1 N–H and O–H groups in total. The fourth-order valence-corrected chi connectivity index (χ4v) is 2.66. The predicted octanol–water partition coefficient (Wildman–Crippen LogP) is 5.18. The van der Waals surface area contributed by atoms with Gasteiger partial charge >= 0.3 is 0 Å². The van der Waals surface area contributed by atoms with E-state index in [1.165, 1.54) is 0 Å². The lowest BCUT2D eigenvalue weighted by molar-refractivity contribution is 0.102. The van der Waals surface area contributed by atoms with Gasteiger partial charge in [0.1, 0.15) is 30.5 Å². The summed E-state index contributed by atoms with van der Waals surface area (Å²) in [5.41, 5.74) is 1.22. The Balaban J connectivity index is 1.50. The van der Waals surface area contributed by atoms with Crippen molar-refractivity contribution in [2.75, 3.05) is 18.5 Å². The molecule has 150 valence electrons. The van der Waals surface area contributed by atoms with Crippen LogP contribution in [0.4, 0.5) is 5.69 Å². The monoisotopic (exact) mass is 391 g/mol. The molecule has 0 aliphatic rings. The average molecular weight is 391 g/mol. The Kier molecular flexibility index (Phi) is 7.11. The third-order valence-electron chi connectivity index (χ3n) is 3.94. The van der Waals surface area contributed by atoms with Crippen LogP contribution in [0.25, 0.3) is 0 Å². The lowest BCUT2D eigenvalue weighted by Gasteiger charge is -2.11. The summed E-state index contributed by atoms with van der Waals surface area (Å²) >= 11 is 0. The van der Waals surface area contributed by atoms with Gasteiger partial charge in [-0.05, 0) is 62.4 Å². The molecule has 1 amide bonds. The van der Waals surface area contributed by atoms with Crippen LogP contribution in [0.3, 0.4) is 0 Å². The van der Waals surface area contributed by atoms with E-state index in [1.54, 1.807) is 30.3 Å². The van der Waals surface area contributed by atoms with Crippen molar-refractivity contribution in [3.63, 3.8) is 0 Å². The molecule has 5 heteroatoms. The van der Waals surface area contributed by atoms with Gasteiger partial charge in [0, 0.05) is 17.3 Å². The van der Waals surface area contributed by atoms with Crippen molar-refractivity contribution >= 4 is 11.6 Å².